The molecule has 0 aliphatic heterocycles. The first-order valence-electron chi connectivity index (χ1n) is 9.19. The fraction of sp³-hybridized carbons (Fsp3) is 0.650. The van der Waals surface area contributed by atoms with Crippen LogP contribution in [0.5, 0.6) is 0 Å². The molecule has 4 bridgehead atoms. The van der Waals surface area contributed by atoms with Crippen molar-refractivity contribution in [1.29, 1.82) is 0 Å². The number of benzene rings is 1. The Kier molecular flexibility index (Phi) is 4.35. The first kappa shape index (κ1) is 16.1. The Morgan fingerprint density at radius 2 is 1.71 bits per heavy atom. The van der Waals surface area contributed by atoms with E-state index in [0.717, 1.165) is 17.8 Å². The van der Waals surface area contributed by atoms with Crippen LogP contribution in [-0.4, -0.2) is 25.7 Å². The molecule has 0 heterocycles. The van der Waals surface area contributed by atoms with Gasteiger partial charge in [-0.15, -0.1) is 0 Å². The number of hydroxylamine groups is 1. The minimum Gasteiger partial charge on any atom is -0.460 e. The van der Waals surface area contributed by atoms with Crippen molar-refractivity contribution in [1.82, 2.24) is 5.48 Å². The second kappa shape index (κ2) is 6.49. The van der Waals surface area contributed by atoms with Gasteiger partial charge in [-0.05, 0) is 73.8 Å². The molecule has 130 valence electrons. The van der Waals surface area contributed by atoms with Gasteiger partial charge in [0.05, 0.1) is 18.7 Å². The summed E-state index contributed by atoms with van der Waals surface area (Å²) in [5, 5.41) is 0. The predicted molar refractivity (Wildman–Crippen MR) is 91.3 cm³/mol. The molecule has 0 amide bonds. The molecule has 1 N–H and O–H groups in total. The molecular weight excluding hydrogens is 302 g/mol. The van der Waals surface area contributed by atoms with E-state index in [9.17, 15) is 4.79 Å². The summed E-state index contributed by atoms with van der Waals surface area (Å²) in [6.07, 6.45) is 7.98. The smallest absolute Gasteiger partial charge is 0.338 e. The lowest BCUT2D eigenvalue weighted by Gasteiger charge is -2.59. The molecule has 4 heteroatoms. The Morgan fingerprint density at radius 1 is 1.12 bits per heavy atom. The van der Waals surface area contributed by atoms with E-state index in [4.69, 9.17) is 9.57 Å². The van der Waals surface area contributed by atoms with Crippen LogP contribution in [0.3, 0.4) is 0 Å². The first-order valence-corrected chi connectivity index (χ1v) is 9.19. The van der Waals surface area contributed by atoms with Crippen LogP contribution < -0.4 is 5.48 Å². The zero-order chi connectivity index (χ0) is 16.6. The SMILES string of the molecule is CON[C@@H](COC(=O)c1ccccc1)C12CC3CC(CC(C3)C1)C2. The van der Waals surface area contributed by atoms with E-state index in [1.807, 2.05) is 18.2 Å². The third-order valence-corrected chi connectivity index (χ3v) is 6.48. The van der Waals surface area contributed by atoms with E-state index in [-0.39, 0.29) is 17.4 Å². The summed E-state index contributed by atoms with van der Waals surface area (Å²) in [5.41, 5.74) is 4.02. The molecule has 0 unspecified atom stereocenters. The fourth-order valence-corrected chi connectivity index (χ4v) is 5.90. The summed E-state index contributed by atoms with van der Waals surface area (Å²) in [6.45, 7) is 0.383. The monoisotopic (exact) mass is 329 g/mol. The van der Waals surface area contributed by atoms with Crippen LogP contribution in [-0.2, 0) is 9.57 Å². The topological polar surface area (TPSA) is 47.6 Å². The van der Waals surface area contributed by atoms with E-state index in [1.54, 1.807) is 19.2 Å². The van der Waals surface area contributed by atoms with Crippen molar-refractivity contribution in [3.63, 3.8) is 0 Å². The van der Waals surface area contributed by atoms with Gasteiger partial charge in [0.1, 0.15) is 6.61 Å². The average Bonchev–Trinajstić information content (AvgIpc) is 2.58. The lowest BCUT2D eigenvalue weighted by atomic mass is 9.48. The van der Waals surface area contributed by atoms with Crippen molar-refractivity contribution in [3.8, 4) is 0 Å². The number of nitrogens with one attached hydrogen (secondary N) is 1. The minimum absolute atomic E-state index is 0.0866. The maximum absolute atomic E-state index is 12.3. The van der Waals surface area contributed by atoms with Crippen molar-refractivity contribution in [2.45, 2.75) is 44.6 Å². The van der Waals surface area contributed by atoms with Gasteiger partial charge < -0.3 is 9.57 Å². The molecule has 4 aliphatic carbocycles. The summed E-state index contributed by atoms with van der Waals surface area (Å²) in [6, 6.07) is 9.31. The second-order valence-electron chi connectivity index (χ2n) is 8.12. The highest BCUT2D eigenvalue weighted by Gasteiger charge is 2.54. The third-order valence-electron chi connectivity index (χ3n) is 6.48. The van der Waals surface area contributed by atoms with Crippen molar-refractivity contribution < 1.29 is 14.4 Å². The summed E-state index contributed by atoms with van der Waals surface area (Å²) in [7, 11) is 1.66. The number of hydrogen-bond donors (Lipinski definition) is 1. The highest BCUT2D eigenvalue weighted by molar-refractivity contribution is 5.89. The zero-order valence-corrected chi connectivity index (χ0v) is 14.4. The van der Waals surface area contributed by atoms with Crippen LogP contribution in [0.1, 0.15) is 48.9 Å². The molecule has 0 saturated heterocycles. The molecule has 24 heavy (non-hydrogen) atoms. The highest BCUT2D eigenvalue weighted by Crippen LogP contribution is 2.61. The van der Waals surface area contributed by atoms with Crippen LogP contribution in [0, 0.1) is 23.2 Å². The number of rotatable bonds is 6. The van der Waals surface area contributed by atoms with E-state index in [1.165, 1.54) is 38.5 Å². The highest BCUT2D eigenvalue weighted by atomic mass is 16.6. The fourth-order valence-electron chi connectivity index (χ4n) is 5.90. The van der Waals surface area contributed by atoms with Gasteiger partial charge in [-0.25, -0.2) is 4.79 Å². The van der Waals surface area contributed by atoms with Gasteiger partial charge in [0.2, 0.25) is 0 Å². The minimum atomic E-state index is -0.247. The van der Waals surface area contributed by atoms with Crippen LogP contribution >= 0.6 is 0 Å². The number of carbonyl (C=O) groups excluding carboxylic acids is 1. The van der Waals surface area contributed by atoms with Gasteiger partial charge in [0.15, 0.2) is 0 Å². The number of esters is 1. The molecule has 1 aromatic carbocycles. The lowest BCUT2D eigenvalue weighted by molar-refractivity contribution is -0.115. The molecule has 4 fully saturated rings. The number of carbonyl (C=O) groups is 1. The summed E-state index contributed by atoms with van der Waals surface area (Å²) < 4.78 is 5.65. The quantitative estimate of drug-likeness (QED) is 0.640. The second-order valence-corrected chi connectivity index (χ2v) is 8.12. The maximum Gasteiger partial charge on any atom is 0.338 e. The molecule has 0 radical (unpaired) electrons. The zero-order valence-electron chi connectivity index (χ0n) is 14.4. The van der Waals surface area contributed by atoms with Gasteiger partial charge >= 0.3 is 5.97 Å². The Morgan fingerprint density at radius 3 is 2.25 bits per heavy atom. The lowest BCUT2D eigenvalue weighted by Crippen LogP contribution is -2.57. The van der Waals surface area contributed by atoms with E-state index in [0.29, 0.717) is 12.2 Å². The molecule has 0 aromatic heterocycles. The van der Waals surface area contributed by atoms with E-state index < -0.39 is 0 Å². The number of ether oxygens (including phenoxy) is 1. The molecule has 5 rings (SSSR count). The third kappa shape index (κ3) is 2.98. The van der Waals surface area contributed by atoms with Gasteiger partial charge in [-0.2, -0.15) is 5.48 Å². The summed E-state index contributed by atoms with van der Waals surface area (Å²) >= 11 is 0. The van der Waals surface area contributed by atoms with Gasteiger partial charge in [-0.1, -0.05) is 18.2 Å². The molecule has 0 spiro atoms. The standard InChI is InChI=1S/C20H27NO3/c1-23-21-18(13-24-19(22)17-5-3-2-4-6-17)20-10-14-7-15(11-20)9-16(8-14)12-20/h2-6,14-16,18,21H,7-13H2,1H3/t14?,15?,16?,18-,20?/m0/s1. The van der Waals surface area contributed by atoms with Crippen molar-refractivity contribution >= 4 is 5.97 Å². The largest absolute Gasteiger partial charge is 0.460 e. The molecule has 4 saturated carbocycles. The van der Waals surface area contributed by atoms with Crippen LogP contribution in [0.25, 0.3) is 0 Å². The Bertz CT molecular complexity index is 551. The molecule has 4 nitrogen and oxygen atoms in total. The van der Waals surface area contributed by atoms with Gasteiger partial charge in [-0.3, -0.25) is 0 Å². The Hall–Kier alpha value is -1.39. The Labute approximate surface area is 143 Å². The van der Waals surface area contributed by atoms with Crippen LogP contribution in [0.4, 0.5) is 0 Å². The predicted octanol–water partition coefficient (Wildman–Crippen LogP) is 3.58. The molecule has 1 atom stereocenters. The molecular formula is C20H27NO3. The Balaban J connectivity index is 1.46. The van der Waals surface area contributed by atoms with Gasteiger partial charge in [0, 0.05) is 0 Å². The first-order chi connectivity index (χ1) is 11.7. The molecule has 4 aliphatic rings. The number of hydrogen-bond acceptors (Lipinski definition) is 4. The summed E-state index contributed by atoms with van der Waals surface area (Å²) in [5.74, 6) is 2.34. The van der Waals surface area contributed by atoms with E-state index >= 15 is 0 Å². The normalized spacial score (nSPS) is 35.0. The van der Waals surface area contributed by atoms with Gasteiger partial charge in [0.25, 0.3) is 0 Å². The van der Waals surface area contributed by atoms with E-state index in [2.05, 4.69) is 5.48 Å². The van der Waals surface area contributed by atoms with Crippen molar-refractivity contribution in [2.75, 3.05) is 13.7 Å². The van der Waals surface area contributed by atoms with Crippen molar-refractivity contribution in [2.24, 2.45) is 23.2 Å². The van der Waals surface area contributed by atoms with Crippen molar-refractivity contribution in [3.05, 3.63) is 35.9 Å². The molecule has 1 aromatic rings. The van der Waals surface area contributed by atoms with Crippen LogP contribution in [0.15, 0.2) is 30.3 Å². The average molecular weight is 329 g/mol. The summed E-state index contributed by atoms with van der Waals surface area (Å²) in [4.78, 5) is 17.6. The van der Waals surface area contributed by atoms with Crippen LogP contribution in [0.2, 0.25) is 0 Å². The maximum atomic E-state index is 12.3.